The minimum absolute atomic E-state index is 0.0988. The average Bonchev–Trinajstić information content (AvgIpc) is 2.98. The highest BCUT2D eigenvalue weighted by Gasteiger charge is 2.54. The van der Waals surface area contributed by atoms with Gasteiger partial charge in [-0.15, -0.1) is 11.8 Å². The third-order valence-electron chi connectivity index (χ3n) is 2.86. The number of benzene rings is 1. The Hall–Kier alpha value is -1.16. The molecule has 1 saturated carbocycles. The van der Waals surface area contributed by atoms with E-state index in [2.05, 4.69) is 0 Å². The highest BCUT2D eigenvalue weighted by atomic mass is 32.2. The summed E-state index contributed by atoms with van der Waals surface area (Å²) in [4.78, 5) is 12.0. The second-order valence-corrected chi connectivity index (χ2v) is 4.59. The molecule has 0 heterocycles. The number of rotatable bonds is 3. The van der Waals surface area contributed by atoms with E-state index in [1.54, 1.807) is 12.1 Å². The molecule has 0 aliphatic heterocycles. The molecule has 0 saturated heterocycles. The van der Waals surface area contributed by atoms with Crippen LogP contribution in [0.5, 0.6) is 5.75 Å². The maximum atomic E-state index is 11.2. The highest BCUT2D eigenvalue weighted by Crippen LogP contribution is 2.53. The molecule has 15 heavy (non-hydrogen) atoms. The van der Waals surface area contributed by atoms with Crippen molar-refractivity contribution < 1.29 is 15.0 Å². The van der Waals surface area contributed by atoms with Gasteiger partial charge in [-0.05, 0) is 31.2 Å². The molecule has 3 nitrogen and oxygen atoms in total. The minimum Gasteiger partial charge on any atom is -0.508 e. The monoisotopic (exact) mass is 224 g/mol. The molecular formula is C11H12O3S. The summed E-state index contributed by atoms with van der Waals surface area (Å²) < 4.78 is 0. The van der Waals surface area contributed by atoms with Crippen LogP contribution in [0.2, 0.25) is 0 Å². The van der Waals surface area contributed by atoms with E-state index >= 15 is 0 Å². The topological polar surface area (TPSA) is 57.5 Å². The van der Waals surface area contributed by atoms with Crippen molar-refractivity contribution in [2.24, 2.45) is 0 Å². The van der Waals surface area contributed by atoms with E-state index in [4.69, 9.17) is 0 Å². The van der Waals surface area contributed by atoms with Crippen LogP contribution in [-0.2, 0) is 10.2 Å². The van der Waals surface area contributed by atoms with Crippen molar-refractivity contribution in [2.45, 2.75) is 23.2 Å². The van der Waals surface area contributed by atoms with Crippen LogP contribution in [0.15, 0.2) is 23.1 Å². The van der Waals surface area contributed by atoms with Gasteiger partial charge in [0.15, 0.2) is 0 Å². The fourth-order valence-corrected chi connectivity index (χ4v) is 2.59. The first-order valence-corrected chi connectivity index (χ1v) is 5.94. The van der Waals surface area contributed by atoms with Gasteiger partial charge in [0.25, 0.3) is 0 Å². The minimum atomic E-state index is -0.834. The molecule has 0 amide bonds. The van der Waals surface area contributed by atoms with Crippen molar-refractivity contribution in [3.8, 4) is 5.75 Å². The van der Waals surface area contributed by atoms with Crippen molar-refractivity contribution in [1.29, 1.82) is 0 Å². The Bertz CT molecular complexity index is 410. The Kier molecular flexibility index (Phi) is 2.38. The number of thioether (sulfide) groups is 1. The summed E-state index contributed by atoms with van der Waals surface area (Å²) in [5.41, 5.74) is -0.242. The molecule has 4 heteroatoms. The van der Waals surface area contributed by atoms with Gasteiger partial charge in [0, 0.05) is 10.5 Å². The first-order chi connectivity index (χ1) is 7.12. The molecular weight excluding hydrogens is 212 g/mol. The zero-order valence-corrected chi connectivity index (χ0v) is 9.17. The van der Waals surface area contributed by atoms with Crippen LogP contribution in [0.4, 0.5) is 0 Å². The third kappa shape index (κ3) is 1.49. The Morgan fingerprint density at radius 2 is 2.13 bits per heavy atom. The molecule has 0 atom stereocenters. The van der Waals surface area contributed by atoms with Crippen molar-refractivity contribution in [1.82, 2.24) is 0 Å². The van der Waals surface area contributed by atoms with Crippen molar-refractivity contribution >= 4 is 17.7 Å². The number of carboxylic acid groups (broad SMARTS) is 1. The second kappa shape index (κ2) is 3.45. The van der Waals surface area contributed by atoms with Crippen molar-refractivity contribution in [2.75, 3.05) is 6.26 Å². The molecule has 0 spiro atoms. The maximum Gasteiger partial charge on any atom is 0.314 e. The summed E-state index contributed by atoms with van der Waals surface area (Å²) in [6.45, 7) is 0. The van der Waals surface area contributed by atoms with E-state index in [9.17, 15) is 15.0 Å². The molecule has 1 fully saturated rings. The molecule has 0 bridgehead atoms. The first-order valence-electron chi connectivity index (χ1n) is 4.71. The summed E-state index contributed by atoms with van der Waals surface area (Å²) in [5.74, 6) is -0.735. The number of aliphatic carboxylic acids is 1. The normalized spacial score (nSPS) is 17.4. The predicted octanol–water partition coefficient (Wildman–Crippen LogP) is 2.23. The Morgan fingerprint density at radius 3 is 2.60 bits per heavy atom. The van der Waals surface area contributed by atoms with Crippen LogP contribution in [0.25, 0.3) is 0 Å². The van der Waals surface area contributed by atoms with Gasteiger partial charge in [0.05, 0.1) is 5.41 Å². The summed E-state index contributed by atoms with van der Waals surface area (Å²) in [5, 5.41) is 19.0. The van der Waals surface area contributed by atoms with Crippen LogP contribution < -0.4 is 0 Å². The standard InChI is InChI=1S/C11H12O3S/c1-15-8-4-2-3-7(12)9(8)11(5-6-11)10(13)14/h2-4,12H,5-6H2,1H3,(H,13,14). The van der Waals surface area contributed by atoms with Crippen LogP contribution in [0.1, 0.15) is 18.4 Å². The largest absolute Gasteiger partial charge is 0.508 e. The van der Waals surface area contributed by atoms with Gasteiger partial charge in [-0.25, -0.2) is 0 Å². The molecule has 0 aromatic heterocycles. The van der Waals surface area contributed by atoms with Gasteiger partial charge >= 0.3 is 5.97 Å². The predicted molar refractivity (Wildman–Crippen MR) is 58.4 cm³/mol. The molecule has 1 aromatic rings. The summed E-state index contributed by atoms with van der Waals surface area (Å²) in [6.07, 6.45) is 3.12. The van der Waals surface area contributed by atoms with E-state index in [1.807, 2.05) is 12.3 Å². The van der Waals surface area contributed by atoms with Gasteiger partial charge in [-0.2, -0.15) is 0 Å². The Morgan fingerprint density at radius 1 is 1.47 bits per heavy atom. The lowest BCUT2D eigenvalue weighted by atomic mass is 9.95. The number of carboxylic acids is 1. The lowest BCUT2D eigenvalue weighted by molar-refractivity contribution is -0.140. The smallest absolute Gasteiger partial charge is 0.314 e. The molecule has 80 valence electrons. The fraction of sp³-hybridized carbons (Fsp3) is 0.364. The lowest BCUT2D eigenvalue weighted by Gasteiger charge is -2.15. The third-order valence-corrected chi connectivity index (χ3v) is 3.64. The number of phenols is 1. The number of aromatic hydroxyl groups is 1. The van der Waals surface area contributed by atoms with Gasteiger partial charge in [0.1, 0.15) is 5.75 Å². The number of hydrogen-bond acceptors (Lipinski definition) is 3. The fourth-order valence-electron chi connectivity index (χ4n) is 1.87. The van der Waals surface area contributed by atoms with Gasteiger partial charge in [-0.3, -0.25) is 4.79 Å². The average molecular weight is 224 g/mol. The van der Waals surface area contributed by atoms with E-state index in [-0.39, 0.29) is 5.75 Å². The zero-order valence-electron chi connectivity index (χ0n) is 8.36. The highest BCUT2D eigenvalue weighted by molar-refractivity contribution is 7.98. The van der Waals surface area contributed by atoms with E-state index in [0.717, 1.165) is 4.90 Å². The van der Waals surface area contributed by atoms with E-state index in [1.165, 1.54) is 11.8 Å². The lowest BCUT2D eigenvalue weighted by Crippen LogP contribution is -2.20. The van der Waals surface area contributed by atoms with E-state index < -0.39 is 11.4 Å². The SMILES string of the molecule is CSc1cccc(O)c1C1(C(=O)O)CC1. The number of carbonyl (C=O) groups is 1. The quantitative estimate of drug-likeness (QED) is 0.773. The van der Waals surface area contributed by atoms with Gasteiger partial charge in [0.2, 0.25) is 0 Å². The molecule has 2 rings (SSSR count). The molecule has 1 aromatic carbocycles. The van der Waals surface area contributed by atoms with Crippen LogP contribution in [0, 0.1) is 0 Å². The van der Waals surface area contributed by atoms with Crippen LogP contribution in [0.3, 0.4) is 0 Å². The number of phenolic OH excluding ortho intramolecular Hbond substituents is 1. The van der Waals surface area contributed by atoms with Gasteiger partial charge in [-0.1, -0.05) is 6.07 Å². The number of hydrogen-bond donors (Lipinski definition) is 2. The summed E-state index contributed by atoms with van der Waals surface area (Å²) in [7, 11) is 0. The van der Waals surface area contributed by atoms with Crippen molar-refractivity contribution in [3.05, 3.63) is 23.8 Å². The maximum absolute atomic E-state index is 11.2. The molecule has 1 aliphatic rings. The van der Waals surface area contributed by atoms with Crippen molar-refractivity contribution in [3.63, 3.8) is 0 Å². The Balaban J connectivity index is 2.56. The molecule has 0 unspecified atom stereocenters. The summed E-state index contributed by atoms with van der Waals surface area (Å²) in [6, 6.07) is 5.14. The van der Waals surface area contributed by atoms with Crippen LogP contribution >= 0.6 is 11.8 Å². The second-order valence-electron chi connectivity index (χ2n) is 3.74. The van der Waals surface area contributed by atoms with E-state index in [0.29, 0.717) is 18.4 Å². The zero-order chi connectivity index (χ0) is 11.1. The first kappa shape index (κ1) is 10.4. The summed E-state index contributed by atoms with van der Waals surface area (Å²) >= 11 is 1.47. The Labute approximate surface area is 92.1 Å². The van der Waals surface area contributed by atoms with Crippen LogP contribution in [-0.4, -0.2) is 22.4 Å². The molecule has 0 radical (unpaired) electrons. The molecule has 2 N–H and O–H groups in total. The van der Waals surface area contributed by atoms with Gasteiger partial charge < -0.3 is 10.2 Å². The molecule has 1 aliphatic carbocycles.